The first-order chi connectivity index (χ1) is 14.9. The standard InChI is InChI=1S/C24H26O6S/c1-29-24(26)16-30-23-14-6-12-20-18(10-5-13-21(20)23)11-7-15-31(27,28)17-22(25)19-8-3-2-4-9-19/h2-6,8-10,12-14,22,25H,7,11,15-17H2,1H3. The van der Waals surface area contributed by atoms with Crippen LogP contribution in [0.4, 0.5) is 0 Å². The Morgan fingerprint density at radius 3 is 2.42 bits per heavy atom. The van der Waals surface area contributed by atoms with Crippen LogP contribution in [0.15, 0.2) is 66.7 Å². The van der Waals surface area contributed by atoms with Gasteiger partial charge in [0.1, 0.15) is 5.75 Å². The van der Waals surface area contributed by atoms with Crippen molar-refractivity contribution in [3.05, 3.63) is 77.9 Å². The number of carbonyl (C=O) groups is 1. The second kappa shape index (κ2) is 10.4. The van der Waals surface area contributed by atoms with Crippen LogP contribution in [-0.4, -0.2) is 44.7 Å². The van der Waals surface area contributed by atoms with Gasteiger partial charge in [-0.25, -0.2) is 13.2 Å². The Kier molecular flexibility index (Phi) is 7.65. The number of rotatable bonds is 10. The van der Waals surface area contributed by atoms with Crippen molar-refractivity contribution in [2.75, 3.05) is 25.2 Å². The second-order valence-electron chi connectivity index (χ2n) is 7.28. The number of methoxy groups -OCH3 is 1. The molecule has 1 N–H and O–H groups in total. The third-order valence-electron chi connectivity index (χ3n) is 5.04. The summed E-state index contributed by atoms with van der Waals surface area (Å²) >= 11 is 0. The summed E-state index contributed by atoms with van der Waals surface area (Å²) in [5.74, 6) is -0.191. The lowest BCUT2D eigenvalue weighted by Crippen LogP contribution is -2.18. The number of fused-ring (bicyclic) bond motifs is 1. The molecule has 0 aromatic heterocycles. The van der Waals surface area contributed by atoms with E-state index < -0.39 is 21.9 Å². The van der Waals surface area contributed by atoms with Crippen molar-refractivity contribution >= 4 is 26.6 Å². The number of hydrogen-bond donors (Lipinski definition) is 1. The van der Waals surface area contributed by atoms with Crippen LogP contribution in [0.3, 0.4) is 0 Å². The lowest BCUT2D eigenvalue weighted by molar-refractivity contribution is -0.142. The van der Waals surface area contributed by atoms with E-state index in [-0.39, 0.29) is 18.1 Å². The molecule has 0 aliphatic heterocycles. The van der Waals surface area contributed by atoms with Gasteiger partial charge in [0.25, 0.3) is 0 Å². The summed E-state index contributed by atoms with van der Waals surface area (Å²) in [5.41, 5.74) is 1.60. The maximum absolute atomic E-state index is 12.5. The number of carbonyl (C=O) groups excluding carboxylic acids is 1. The number of benzene rings is 3. The van der Waals surface area contributed by atoms with Crippen molar-refractivity contribution < 1.29 is 27.8 Å². The minimum atomic E-state index is -3.41. The number of aliphatic hydroxyl groups excluding tert-OH is 1. The predicted octanol–water partition coefficient (Wildman–Crippen LogP) is 3.47. The number of ether oxygens (including phenoxy) is 2. The van der Waals surface area contributed by atoms with Crippen molar-refractivity contribution in [2.45, 2.75) is 18.9 Å². The summed E-state index contributed by atoms with van der Waals surface area (Å²) < 4.78 is 35.1. The zero-order valence-corrected chi connectivity index (χ0v) is 18.2. The summed E-state index contributed by atoms with van der Waals surface area (Å²) in [6.45, 7) is -0.179. The smallest absolute Gasteiger partial charge is 0.343 e. The van der Waals surface area contributed by atoms with Gasteiger partial charge in [0.05, 0.1) is 24.7 Å². The molecule has 0 spiro atoms. The highest BCUT2D eigenvalue weighted by Crippen LogP contribution is 2.29. The topological polar surface area (TPSA) is 89.9 Å². The summed E-state index contributed by atoms with van der Waals surface area (Å²) in [4.78, 5) is 11.4. The Labute approximate surface area is 182 Å². The van der Waals surface area contributed by atoms with Crippen molar-refractivity contribution in [1.29, 1.82) is 0 Å². The van der Waals surface area contributed by atoms with Crippen LogP contribution in [0.1, 0.15) is 23.7 Å². The quantitative estimate of drug-likeness (QED) is 0.484. The van der Waals surface area contributed by atoms with Crippen LogP contribution in [0.25, 0.3) is 10.8 Å². The molecular weight excluding hydrogens is 416 g/mol. The molecule has 0 radical (unpaired) electrons. The van der Waals surface area contributed by atoms with Gasteiger partial charge in [-0.1, -0.05) is 60.7 Å². The maximum Gasteiger partial charge on any atom is 0.343 e. The average Bonchev–Trinajstić information content (AvgIpc) is 2.77. The second-order valence-corrected chi connectivity index (χ2v) is 9.51. The molecule has 0 bridgehead atoms. The van der Waals surface area contributed by atoms with E-state index in [4.69, 9.17) is 4.74 Å². The van der Waals surface area contributed by atoms with Gasteiger partial charge >= 0.3 is 5.97 Å². The van der Waals surface area contributed by atoms with E-state index in [0.717, 1.165) is 16.3 Å². The molecule has 31 heavy (non-hydrogen) atoms. The van der Waals surface area contributed by atoms with Gasteiger partial charge in [0.15, 0.2) is 16.4 Å². The fourth-order valence-electron chi connectivity index (χ4n) is 3.46. The van der Waals surface area contributed by atoms with E-state index in [0.29, 0.717) is 24.2 Å². The maximum atomic E-state index is 12.5. The lowest BCUT2D eigenvalue weighted by atomic mass is 10.0. The molecule has 0 amide bonds. The van der Waals surface area contributed by atoms with Gasteiger partial charge in [-0.2, -0.15) is 0 Å². The van der Waals surface area contributed by atoms with Gasteiger partial charge in [-0.3, -0.25) is 0 Å². The molecule has 0 heterocycles. The molecule has 0 saturated heterocycles. The predicted molar refractivity (Wildman–Crippen MR) is 120 cm³/mol. The van der Waals surface area contributed by atoms with Crippen molar-refractivity contribution in [3.8, 4) is 5.75 Å². The molecule has 6 nitrogen and oxygen atoms in total. The van der Waals surface area contributed by atoms with Crippen LogP contribution in [-0.2, 0) is 25.8 Å². The minimum absolute atomic E-state index is 0.00812. The van der Waals surface area contributed by atoms with Gasteiger partial charge in [0.2, 0.25) is 0 Å². The Morgan fingerprint density at radius 1 is 0.968 bits per heavy atom. The third kappa shape index (κ3) is 6.29. The van der Waals surface area contributed by atoms with Crippen LogP contribution in [0.2, 0.25) is 0 Å². The summed E-state index contributed by atoms with van der Waals surface area (Å²) in [6, 6.07) is 20.1. The zero-order chi connectivity index (χ0) is 22.3. The summed E-state index contributed by atoms with van der Waals surface area (Å²) in [5, 5.41) is 12.0. The summed E-state index contributed by atoms with van der Waals surface area (Å²) in [6.07, 6.45) is -0.0208. The number of esters is 1. The van der Waals surface area contributed by atoms with E-state index >= 15 is 0 Å². The Bertz CT molecular complexity index is 1130. The van der Waals surface area contributed by atoms with Gasteiger partial charge < -0.3 is 14.6 Å². The molecule has 1 atom stereocenters. The highest BCUT2D eigenvalue weighted by Gasteiger charge is 2.18. The molecule has 0 fully saturated rings. The lowest BCUT2D eigenvalue weighted by Gasteiger charge is -2.13. The Balaban J connectivity index is 1.65. The normalized spacial score (nSPS) is 12.5. The molecule has 3 aromatic rings. The van der Waals surface area contributed by atoms with E-state index in [1.54, 1.807) is 30.3 Å². The van der Waals surface area contributed by atoms with Crippen molar-refractivity contribution in [3.63, 3.8) is 0 Å². The first-order valence-corrected chi connectivity index (χ1v) is 11.9. The van der Waals surface area contributed by atoms with Crippen LogP contribution in [0, 0.1) is 0 Å². The Morgan fingerprint density at radius 2 is 1.68 bits per heavy atom. The highest BCUT2D eigenvalue weighted by atomic mass is 32.2. The SMILES string of the molecule is COC(=O)COc1cccc2c(CCCS(=O)(=O)CC(O)c3ccccc3)cccc12. The molecule has 0 saturated carbocycles. The molecule has 3 aromatic carbocycles. The molecule has 1 unspecified atom stereocenters. The van der Waals surface area contributed by atoms with E-state index in [9.17, 15) is 18.3 Å². The number of aliphatic hydroxyl groups is 1. The first-order valence-electron chi connectivity index (χ1n) is 10.0. The van der Waals surface area contributed by atoms with Gasteiger partial charge in [-0.05, 0) is 35.4 Å². The van der Waals surface area contributed by atoms with Gasteiger partial charge in [0, 0.05) is 5.39 Å². The number of hydrogen-bond acceptors (Lipinski definition) is 6. The number of sulfone groups is 1. The van der Waals surface area contributed by atoms with E-state index in [1.165, 1.54) is 7.11 Å². The average molecular weight is 443 g/mol. The van der Waals surface area contributed by atoms with E-state index in [1.807, 2.05) is 36.4 Å². The van der Waals surface area contributed by atoms with Gasteiger partial charge in [-0.15, -0.1) is 0 Å². The Hall–Kier alpha value is -2.90. The van der Waals surface area contributed by atoms with Crippen molar-refractivity contribution in [1.82, 2.24) is 0 Å². The summed E-state index contributed by atoms with van der Waals surface area (Å²) in [7, 11) is -2.10. The fraction of sp³-hybridized carbons (Fsp3) is 0.292. The molecule has 164 valence electrons. The van der Waals surface area contributed by atoms with E-state index in [2.05, 4.69) is 4.74 Å². The monoisotopic (exact) mass is 442 g/mol. The highest BCUT2D eigenvalue weighted by molar-refractivity contribution is 7.91. The van der Waals surface area contributed by atoms with Crippen LogP contribution in [0.5, 0.6) is 5.75 Å². The molecule has 0 aliphatic rings. The van der Waals surface area contributed by atoms with Crippen molar-refractivity contribution in [2.24, 2.45) is 0 Å². The zero-order valence-electron chi connectivity index (χ0n) is 17.4. The first kappa shape index (κ1) is 22.8. The largest absolute Gasteiger partial charge is 0.481 e. The molecule has 3 rings (SSSR count). The third-order valence-corrected chi connectivity index (χ3v) is 6.78. The number of aryl methyl sites for hydroxylation is 1. The minimum Gasteiger partial charge on any atom is -0.481 e. The molecule has 0 aliphatic carbocycles. The fourth-order valence-corrected chi connectivity index (χ4v) is 4.89. The van der Waals surface area contributed by atoms with Crippen LogP contribution >= 0.6 is 0 Å². The van der Waals surface area contributed by atoms with Crippen LogP contribution < -0.4 is 4.74 Å². The molecule has 7 heteroatoms. The molecular formula is C24H26O6S.